The molecule has 3 unspecified atom stereocenters. The molecule has 0 aromatic heterocycles. The number of fused-ring (bicyclic) bond motifs is 1. The van der Waals surface area contributed by atoms with Crippen molar-refractivity contribution in [2.24, 2.45) is 5.41 Å². The zero-order chi connectivity index (χ0) is 35.9. The van der Waals surface area contributed by atoms with Gasteiger partial charge in [-0.1, -0.05) is 93.7 Å². The lowest BCUT2D eigenvalue weighted by molar-refractivity contribution is -0.144. The van der Waals surface area contributed by atoms with Crippen LogP contribution in [0.1, 0.15) is 68.0 Å². The van der Waals surface area contributed by atoms with E-state index in [-0.39, 0.29) is 37.1 Å². The lowest BCUT2D eigenvalue weighted by Crippen LogP contribution is -2.47. The molecular weight excluding hydrogens is 644 g/mol. The molecule has 0 spiro atoms. The number of hydrogen-bond donors (Lipinski definition) is 5. The number of carboxylic acids is 2. The maximum Gasteiger partial charge on any atom is 0.326 e. The Morgan fingerprint density at radius 2 is 1.43 bits per heavy atom. The molecule has 3 atom stereocenters. The third kappa shape index (κ3) is 10.2. The molecule has 0 saturated heterocycles. The number of nitrogens with one attached hydrogen (secondary N) is 3. The number of aliphatic carboxylic acids is 2. The molecule has 258 valence electrons. The molecule has 3 amide bonds. The van der Waals surface area contributed by atoms with Crippen LogP contribution in [0.4, 0.5) is 5.69 Å². The first kappa shape index (κ1) is 36.7. The molecule has 3 aromatic rings. The second kappa shape index (κ2) is 15.9. The van der Waals surface area contributed by atoms with E-state index < -0.39 is 41.9 Å². The van der Waals surface area contributed by atoms with Crippen LogP contribution < -0.4 is 16.0 Å². The summed E-state index contributed by atoms with van der Waals surface area (Å²) in [4.78, 5) is 65.5. The average Bonchev–Trinajstić information content (AvgIpc) is 3.40. The predicted molar refractivity (Wildman–Crippen MR) is 189 cm³/mol. The Balaban J connectivity index is 1.50. The maximum atomic E-state index is 13.8. The number of carbonyl (C=O) groups excluding carboxylic acids is 3. The molecule has 0 bridgehead atoms. The molecule has 0 aliphatic carbocycles. The number of amides is 3. The van der Waals surface area contributed by atoms with Crippen LogP contribution in [0.5, 0.6) is 0 Å². The molecule has 3 aromatic carbocycles. The number of thiocarbonyl (C=S) groups is 1. The third-order valence-electron chi connectivity index (χ3n) is 8.14. The van der Waals surface area contributed by atoms with Crippen LogP contribution in [0.3, 0.4) is 0 Å². The van der Waals surface area contributed by atoms with Gasteiger partial charge < -0.3 is 31.1 Å². The highest BCUT2D eigenvalue weighted by Crippen LogP contribution is 2.36. The van der Waals surface area contributed by atoms with Gasteiger partial charge in [0.1, 0.15) is 18.1 Å². The first-order chi connectivity index (χ1) is 23.1. The fraction of sp³-hybridized carbons (Fsp3) is 0.351. The first-order valence-electron chi connectivity index (χ1n) is 16.0. The summed E-state index contributed by atoms with van der Waals surface area (Å²) < 4.78 is 0. The van der Waals surface area contributed by atoms with Crippen molar-refractivity contribution < 1.29 is 34.2 Å². The van der Waals surface area contributed by atoms with Gasteiger partial charge in [0.2, 0.25) is 17.7 Å². The summed E-state index contributed by atoms with van der Waals surface area (Å²) in [6.45, 7) is 7.12. The van der Waals surface area contributed by atoms with E-state index >= 15 is 0 Å². The second-order valence-corrected chi connectivity index (χ2v) is 13.9. The summed E-state index contributed by atoms with van der Waals surface area (Å²) in [6, 6.07) is 18.2. The van der Waals surface area contributed by atoms with E-state index in [1.807, 2.05) is 57.2 Å². The van der Waals surface area contributed by atoms with E-state index in [4.69, 9.17) is 12.2 Å². The molecular formula is C37H42N4O7S. The van der Waals surface area contributed by atoms with Gasteiger partial charge in [-0.15, -0.1) is 0 Å². The quantitative estimate of drug-likeness (QED) is 0.164. The van der Waals surface area contributed by atoms with Gasteiger partial charge in [-0.3, -0.25) is 14.4 Å². The number of benzene rings is 3. The molecule has 5 N–H and O–H groups in total. The molecule has 49 heavy (non-hydrogen) atoms. The molecule has 0 saturated carbocycles. The summed E-state index contributed by atoms with van der Waals surface area (Å²) in [5.74, 6) is -3.93. The van der Waals surface area contributed by atoms with E-state index in [0.717, 1.165) is 11.1 Å². The Hall–Kier alpha value is -5.10. The van der Waals surface area contributed by atoms with Gasteiger partial charge in [-0.05, 0) is 45.4 Å². The van der Waals surface area contributed by atoms with Crippen LogP contribution in [0.25, 0.3) is 0 Å². The zero-order valence-corrected chi connectivity index (χ0v) is 28.8. The fourth-order valence-electron chi connectivity index (χ4n) is 5.87. The van der Waals surface area contributed by atoms with Crippen LogP contribution >= 0.6 is 12.2 Å². The Bertz CT molecular complexity index is 1740. The SMILES string of the molecule is CC(=O)N1Cc2cc(NC(=S)Cc3ccccc3)ccc2C1C(=O)NC(Cc1ccccc1CC(NC(=O)CC(C)(C)C)C(=O)O)C(=O)O. The summed E-state index contributed by atoms with van der Waals surface area (Å²) >= 11 is 5.54. The first-order valence-corrected chi connectivity index (χ1v) is 16.4. The number of hydrogen-bond acceptors (Lipinski definition) is 6. The standard InChI is InChI=1S/C37H42N4O7S/c1-22(42)41-21-26-17-27(38-32(49)16-23-10-6-5-7-11-23)14-15-28(26)33(41)34(44)40-30(36(47)48)19-25-13-9-8-12-24(25)18-29(35(45)46)39-31(43)20-37(2,3)4/h5-15,17,29-30,33H,16,18-21H2,1-4H3,(H,38,49)(H,39,43)(H,40,44)(H,45,46)(H,47,48). The highest BCUT2D eigenvalue weighted by Gasteiger charge is 2.39. The van der Waals surface area contributed by atoms with Gasteiger partial charge in [0.05, 0.1) is 4.99 Å². The van der Waals surface area contributed by atoms with Crippen molar-refractivity contribution in [2.75, 3.05) is 5.32 Å². The van der Waals surface area contributed by atoms with Crippen molar-refractivity contribution in [3.05, 3.63) is 101 Å². The number of carboxylic acid groups (broad SMARTS) is 2. The second-order valence-electron chi connectivity index (χ2n) is 13.4. The minimum absolute atomic E-state index is 0.0824. The Morgan fingerprint density at radius 3 is 1.98 bits per heavy atom. The summed E-state index contributed by atoms with van der Waals surface area (Å²) in [7, 11) is 0. The fourth-order valence-corrected chi connectivity index (χ4v) is 6.15. The Kier molecular flexibility index (Phi) is 11.9. The number of anilines is 1. The zero-order valence-electron chi connectivity index (χ0n) is 28.0. The molecule has 12 heteroatoms. The molecule has 0 fully saturated rings. The van der Waals surface area contributed by atoms with Gasteiger partial charge in [-0.2, -0.15) is 0 Å². The smallest absolute Gasteiger partial charge is 0.326 e. The third-order valence-corrected chi connectivity index (χ3v) is 8.39. The van der Waals surface area contributed by atoms with E-state index in [2.05, 4.69) is 16.0 Å². The lowest BCUT2D eigenvalue weighted by atomic mass is 9.91. The van der Waals surface area contributed by atoms with Gasteiger partial charge in [0.15, 0.2) is 0 Å². The molecule has 4 rings (SSSR count). The van der Waals surface area contributed by atoms with Crippen molar-refractivity contribution in [1.82, 2.24) is 15.5 Å². The van der Waals surface area contributed by atoms with Crippen molar-refractivity contribution in [3.63, 3.8) is 0 Å². The van der Waals surface area contributed by atoms with Crippen LogP contribution in [0.2, 0.25) is 0 Å². The molecule has 1 aliphatic heterocycles. The van der Waals surface area contributed by atoms with E-state index in [1.54, 1.807) is 36.4 Å². The minimum Gasteiger partial charge on any atom is -0.480 e. The molecule has 11 nitrogen and oxygen atoms in total. The van der Waals surface area contributed by atoms with Gasteiger partial charge in [0, 0.05) is 44.8 Å². The van der Waals surface area contributed by atoms with Crippen molar-refractivity contribution in [2.45, 2.75) is 78.0 Å². The normalized spacial score (nSPS) is 15.0. The summed E-state index contributed by atoms with van der Waals surface area (Å²) in [5, 5.41) is 28.4. The lowest BCUT2D eigenvalue weighted by Gasteiger charge is -2.25. The topological polar surface area (TPSA) is 165 Å². The highest BCUT2D eigenvalue weighted by molar-refractivity contribution is 7.80. The predicted octanol–water partition coefficient (Wildman–Crippen LogP) is 4.43. The minimum atomic E-state index is -1.39. The van der Waals surface area contributed by atoms with Crippen LogP contribution in [-0.4, -0.2) is 61.8 Å². The van der Waals surface area contributed by atoms with Crippen molar-refractivity contribution in [1.29, 1.82) is 0 Å². The van der Waals surface area contributed by atoms with Crippen molar-refractivity contribution >= 4 is 52.6 Å². The van der Waals surface area contributed by atoms with E-state index in [9.17, 15) is 34.2 Å². The molecule has 1 aliphatic rings. The van der Waals surface area contributed by atoms with Gasteiger partial charge in [0.25, 0.3) is 0 Å². The Morgan fingerprint density at radius 1 is 0.857 bits per heavy atom. The number of carbonyl (C=O) groups is 5. The molecule has 1 heterocycles. The monoisotopic (exact) mass is 686 g/mol. The van der Waals surface area contributed by atoms with Crippen LogP contribution in [0.15, 0.2) is 72.8 Å². The van der Waals surface area contributed by atoms with Crippen LogP contribution in [-0.2, 0) is 49.8 Å². The number of rotatable bonds is 13. The summed E-state index contributed by atoms with van der Waals surface area (Å²) in [5.41, 5.74) is 3.75. The van der Waals surface area contributed by atoms with Crippen LogP contribution in [0, 0.1) is 5.41 Å². The Labute approximate surface area is 291 Å². The summed E-state index contributed by atoms with van der Waals surface area (Å²) in [6.07, 6.45) is 0.439. The number of nitrogens with zero attached hydrogens (tertiary/aromatic N) is 1. The van der Waals surface area contributed by atoms with E-state index in [0.29, 0.717) is 33.8 Å². The van der Waals surface area contributed by atoms with Gasteiger partial charge >= 0.3 is 11.9 Å². The largest absolute Gasteiger partial charge is 0.480 e. The van der Waals surface area contributed by atoms with Gasteiger partial charge in [-0.25, -0.2) is 9.59 Å². The highest BCUT2D eigenvalue weighted by atomic mass is 32.1. The average molecular weight is 687 g/mol. The maximum absolute atomic E-state index is 13.8. The van der Waals surface area contributed by atoms with Crippen molar-refractivity contribution in [3.8, 4) is 0 Å². The molecule has 0 radical (unpaired) electrons. The van der Waals surface area contributed by atoms with E-state index in [1.165, 1.54) is 11.8 Å².